The summed E-state index contributed by atoms with van der Waals surface area (Å²) in [5.74, 6) is -3.35. The summed E-state index contributed by atoms with van der Waals surface area (Å²) >= 11 is 0. The third kappa shape index (κ3) is 11.6. The van der Waals surface area contributed by atoms with Crippen LogP contribution < -0.4 is 0 Å². The molecule has 1 unspecified atom stereocenters. The van der Waals surface area contributed by atoms with Crippen molar-refractivity contribution < 1.29 is 33.8 Å². The van der Waals surface area contributed by atoms with Crippen LogP contribution in [0.25, 0.3) is 0 Å². The minimum absolute atomic E-state index is 0.0764. The standard InChI is InChI=1S/C15H22O7/c1-10(21-12(18)8-6-11(16)17)5-7-13(19)22-14(20)9-15(2,3)4/h6,8,10H,5,7,9H2,1-4H3,(H,16,17)/b8-6+. The Morgan fingerprint density at radius 2 is 1.68 bits per heavy atom. The van der Waals surface area contributed by atoms with Crippen molar-refractivity contribution in [1.29, 1.82) is 0 Å². The van der Waals surface area contributed by atoms with E-state index in [-0.39, 0.29) is 24.7 Å². The average Bonchev–Trinajstić information content (AvgIpc) is 2.31. The zero-order valence-electron chi connectivity index (χ0n) is 13.3. The largest absolute Gasteiger partial charge is 0.478 e. The number of carboxylic acid groups (broad SMARTS) is 1. The highest BCUT2D eigenvalue weighted by atomic mass is 16.6. The molecule has 0 heterocycles. The number of carbonyl (C=O) groups is 4. The third-order valence-electron chi connectivity index (χ3n) is 2.34. The summed E-state index contributed by atoms with van der Waals surface area (Å²) in [4.78, 5) is 44.3. The summed E-state index contributed by atoms with van der Waals surface area (Å²) in [7, 11) is 0. The van der Waals surface area contributed by atoms with Gasteiger partial charge >= 0.3 is 23.9 Å². The van der Waals surface area contributed by atoms with Crippen molar-refractivity contribution in [2.45, 2.75) is 53.1 Å². The van der Waals surface area contributed by atoms with Crippen molar-refractivity contribution in [2.75, 3.05) is 0 Å². The van der Waals surface area contributed by atoms with Gasteiger partial charge in [-0.2, -0.15) is 0 Å². The van der Waals surface area contributed by atoms with Gasteiger partial charge in [0, 0.05) is 18.6 Å². The lowest BCUT2D eigenvalue weighted by atomic mass is 9.92. The third-order valence-corrected chi connectivity index (χ3v) is 2.34. The molecule has 0 amide bonds. The van der Waals surface area contributed by atoms with Crippen LogP contribution in [-0.2, 0) is 28.7 Å². The summed E-state index contributed by atoms with van der Waals surface area (Å²) in [6, 6.07) is 0. The summed E-state index contributed by atoms with van der Waals surface area (Å²) in [5, 5.41) is 8.35. The molecule has 22 heavy (non-hydrogen) atoms. The van der Waals surface area contributed by atoms with Crippen LogP contribution in [0.1, 0.15) is 47.0 Å². The fourth-order valence-corrected chi connectivity index (χ4v) is 1.40. The van der Waals surface area contributed by atoms with Gasteiger partial charge in [0.2, 0.25) is 0 Å². The van der Waals surface area contributed by atoms with Crippen LogP contribution in [0.5, 0.6) is 0 Å². The topological polar surface area (TPSA) is 107 Å². The van der Waals surface area contributed by atoms with Crippen molar-refractivity contribution in [2.24, 2.45) is 5.41 Å². The van der Waals surface area contributed by atoms with Crippen LogP contribution in [0.15, 0.2) is 12.2 Å². The summed E-state index contributed by atoms with van der Waals surface area (Å²) in [6.07, 6.45) is 1.07. The number of hydrogen-bond donors (Lipinski definition) is 1. The first kappa shape index (κ1) is 19.8. The van der Waals surface area contributed by atoms with Crippen molar-refractivity contribution in [3.8, 4) is 0 Å². The lowest BCUT2D eigenvalue weighted by Gasteiger charge is -2.16. The average molecular weight is 314 g/mol. The quantitative estimate of drug-likeness (QED) is 0.434. The van der Waals surface area contributed by atoms with E-state index in [0.29, 0.717) is 6.08 Å². The second-order valence-electron chi connectivity index (χ2n) is 6.04. The maximum absolute atomic E-state index is 11.5. The van der Waals surface area contributed by atoms with E-state index in [4.69, 9.17) is 9.84 Å². The first-order chi connectivity index (χ1) is 9.99. The van der Waals surface area contributed by atoms with E-state index in [2.05, 4.69) is 4.74 Å². The zero-order chi connectivity index (χ0) is 17.3. The maximum Gasteiger partial charge on any atom is 0.331 e. The molecule has 124 valence electrons. The molecule has 0 bridgehead atoms. The Hall–Kier alpha value is -2.18. The first-order valence-electron chi connectivity index (χ1n) is 6.85. The molecule has 0 saturated carbocycles. The molecule has 7 heteroatoms. The normalized spacial score (nSPS) is 12.7. The fourth-order valence-electron chi connectivity index (χ4n) is 1.40. The number of carboxylic acids is 1. The SMILES string of the molecule is CC(CCC(=O)OC(=O)CC(C)(C)C)OC(=O)/C=C/C(=O)O. The lowest BCUT2D eigenvalue weighted by molar-refractivity contribution is -0.162. The van der Waals surface area contributed by atoms with Crippen LogP contribution in [0.2, 0.25) is 0 Å². The minimum Gasteiger partial charge on any atom is -0.478 e. The smallest absolute Gasteiger partial charge is 0.331 e. The van der Waals surface area contributed by atoms with E-state index in [1.54, 1.807) is 6.92 Å². The zero-order valence-corrected chi connectivity index (χ0v) is 13.3. The van der Waals surface area contributed by atoms with Crippen molar-refractivity contribution >= 4 is 23.9 Å². The van der Waals surface area contributed by atoms with Gasteiger partial charge < -0.3 is 14.6 Å². The summed E-state index contributed by atoms with van der Waals surface area (Å²) < 4.78 is 9.51. The number of ether oxygens (including phenoxy) is 2. The molecule has 0 spiro atoms. The van der Waals surface area contributed by atoms with Gasteiger partial charge in [-0.25, -0.2) is 9.59 Å². The van der Waals surface area contributed by atoms with Gasteiger partial charge in [-0.05, 0) is 18.8 Å². The lowest BCUT2D eigenvalue weighted by Crippen LogP contribution is -2.20. The molecule has 0 radical (unpaired) electrons. The highest BCUT2D eigenvalue weighted by Crippen LogP contribution is 2.19. The molecule has 0 aromatic heterocycles. The summed E-state index contributed by atoms with van der Waals surface area (Å²) in [5.41, 5.74) is -0.267. The second kappa shape index (κ2) is 8.96. The van der Waals surface area contributed by atoms with Gasteiger partial charge in [-0.15, -0.1) is 0 Å². The van der Waals surface area contributed by atoms with Gasteiger partial charge in [0.15, 0.2) is 0 Å². The molecule has 0 saturated heterocycles. The molecule has 0 aliphatic rings. The number of rotatable bonds is 7. The molecule has 0 fully saturated rings. The van der Waals surface area contributed by atoms with E-state index in [1.165, 1.54) is 0 Å². The van der Waals surface area contributed by atoms with Crippen LogP contribution in [-0.4, -0.2) is 35.1 Å². The van der Waals surface area contributed by atoms with E-state index in [0.717, 1.165) is 6.08 Å². The molecular formula is C15H22O7. The minimum atomic E-state index is -1.26. The second-order valence-corrected chi connectivity index (χ2v) is 6.04. The molecule has 1 N–H and O–H groups in total. The Bertz CT molecular complexity index is 457. The van der Waals surface area contributed by atoms with E-state index in [1.807, 2.05) is 20.8 Å². The molecule has 0 aromatic carbocycles. The number of hydrogen-bond acceptors (Lipinski definition) is 6. The van der Waals surface area contributed by atoms with Crippen LogP contribution in [0, 0.1) is 5.41 Å². The van der Waals surface area contributed by atoms with Gasteiger partial charge in [0.05, 0.1) is 12.5 Å². The van der Waals surface area contributed by atoms with Gasteiger partial charge in [0.1, 0.15) is 0 Å². The number of esters is 3. The molecular weight excluding hydrogens is 292 g/mol. The van der Waals surface area contributed by atoms with Crippen molar-refractivity contribution in [3.05, 3.63) is 12.2 Å². The molecule has 0 aliphatic carbocycles. The Morgan fingerprint density at radius 1 is 1.09 bits per heavy atom. The highest BCUT2D eigenvalue weighted by molar-refractivity contribution is 5.90. The van der Waals surface area contributed by atoms with Crippen LogP contribution >= 0.6 is 0 Å². The predicted molar refractivity (Wildman–Crippen MR) is 76.7 cm³/mol. The number of aliphatic carboxylic acids is 1. The van der Waals surface area contributed by atoms with Crippen LogP contribution in [0.3, 0.4) is 0 Å². The maximum atomic E-state index is 11.5. The van der Waals surface area contributed by atoms with Gasteiger partial charge in [0.25, 0.3) is 0 Å². The first-order valence-corrected chi connectivity index (χ1v) is 6.85. The molecule has 0 rings (SSSR count). The van der Waals surface area contributed by atoms with E-state index >= 15 is 0 Å². The van der Waals surface area contributed by atoms with Crippen molar-refractivity contribution in [1.82, 2.24) is 0 Å². The van der Waals surface area contributed by atoms with Crippen LogP contribution in [0.4, 0.5) is 0 Å². The fraction of sp³-hybridized carbons (Fsp3) is 0.600. The van der Waals surface area contributed by atoms with Gasteiger partial charge in [-0.3, -0.25) is 9.59 Å². The molecule has 7 nitrogen and oxygen atoms in total. The molecule has 0 aromatic rings. The Kier molecular flexibility index (Phi) is 8.08. The molecule has 0 aliphatic heterocycles. The van der Waals surface area contributed by atoms with Gasteiger partial charge in [-0.1, -0.05) is 20.8 Å². The molecule has 1 atom stereocenters. The Balaban J connectivity index is 4.07. The highest BCUT2D eigenvalue weighted by Gasteiger charge is 2.20. The Morgan fingerprint density at radius 3 is 2.18 bits per heavy atom. The summed E-state index contributed by atoms with van der Waals surface area (Å²) in [6.45, 7) is 7.11. The Labute approximate surface area is 129 Å². The predicted octanol–water partition coefficient (Wildman–Crippen LogP) is 1.85. The van der Waals surface area contributed by atoms with E-state index < -0.39 is 30.0 Å². The van der Waals surface area contributed by atoms with E-state index in [9.17, 15) is 19.2 Å². The van der Waals surface area contributed by atoms with Crippen molar-refractivity contribution in [3.63, 3.8) is 0 Å². The monoisotopic (exact) mass is 314 g/mol. The number of carbonyl (C=O) groups excluding carboxylic acids is 3.